The largest absolute Gasteiger partial charge is 0.383 e. The van der Waals surface area contributed by atoms with E-state index in [1.54, 1.807) is 7.11 Å². The Morgan fingerprint density at radius 1 is 1.06 bits per heavy atom. The van der Waals surface area contributed by atoms with E-state index in [0.29, 0.717) is 10.0 Å². The molecule has 0 spiro atoms. The summed E-state index contributed by atoms with van der Waals surface area (Å²) in [5, 5.41) is 7.87. The summed E-state index contributed by atoms with van der Waals surface area (Å²) in [5.74, 6) is 0. The molecule has 1 aromatic rings. The summed E-state index contributed by atoms with van der Waals surface area (Å²) in [6, 6.07) is 5.71. The van der Waals surface area contributed by atoms with Crippen LogP contribution in [0.3, 0.4) is 0 Å². The maximum atomic E-state index is 5.94. The van der Waals surface area contributed by atoms with Crippen LogP contribution in [0.15, 0.2) is 18.2 Å². The second kappa shape index (κ2) is 9.59. The predicted molar refractivity (Wildman–Crippen MR) is 77.5 cm³/mol. The van der Waals surface area contributed by atoms with Crippen LogP contribution in [0.1, 0.15) is 12.0 Å². The van der Waals surface area contributed by atoms with Crippen molar-refractivity contribution in [3.8, 4) is 0 Å². The molecule has 3 nitrogen and oxygen atoms in total. The van der Waals surface area contributed by atoms with Gasteiger partial charge in [0.25, 0.3) is 0 Å². The highest BCUT2D eigenvalue weighted by Crippen LogP contribution is 2.22. The normalized spacial score (nSPS) is 10.8. The van der Waals surface area contributed by atoms with Crippen LogP contribution < -0.4 is 10.6 Å². The number of nitrogens with one attached hydrogen (secondary N) is 2. The first kappa shape index (κ1) is 15.7. The van der Waals surface area contributed by atoms with Gasteiger partial charge in [0.15, 0.2) is 0 Å². The smallest absolute Gasteiger partial charge is 0.0595 e. The van der Waals surface area contributed by atoms with Gasteiger partial charge in [-0.15, -0.1) is 0 Å². The van der Waals surface area contributed by atoms with E-state index in [2.05, 4.69) is 10.6 Å². The number of benzene rings is 1. The molecule has 0 aliphatic rings. The van der Waals surface area contributed by atoms with Gasteiger partial charge >= 0.3 is 0 Å². The number of hydrogen-bond donors (Lipinski definition) is 2. The fourth-order valence-electron chi connectivity index (χ4n) is 1.52. The van der Waals surface area contributed by atoms with Gasteiger partial charge in [0.2, 0.25) is 0 Å². The zero-order chi connectivity index (χ0) is 13.2. The minimum atomic E-state index is 0.600. The molecule has 0 atom stereocenters. The van der Waals surface area contributed by atoms with Crippen LogP contribution in [0.4, 0.5) is 0 Å². The number of methoxy groups -OCH3 is 1. The number of ether oxygens (including phenoxy) is 1. The molecule has 0 saturated heterocycles. The Bertz CT molecular complexity index is 348. The number of rotatable bonds is 9. The molecule has 0 amide bonds. The van der Waals surface area contributed by atoms with Crippen molar-refractivity contribution < 1.29 is 4.74 Å². The molecule has 18 heavy (non-hydrogen) atoms. The maximum absolute atomic E-state index is 5.94. The van der Waals surface area contributed by atoms with E-state index in [-0.39, 0.29) is 0 Å². The molecule has 1 aromatic carbocycles. The fourth-order valence-corrected chi connectivity index (χ4v) is 1.84. The lowest BCUT2D eigenvalue weighted by molar-refractivity contribution is 0.199. The first-order valence-electron chi connectivity index (χ1n) is 6.08. The first-order valence-corrected chi connectivity index (χ1v) is 6.84. The van der Waals surface area contributed by atoms with Crippen molar-refractivity contribution in [1.82, 2.24) is 10.6 Å². The van der Waals surface area contributed by atoms with Crippen LogP contribution in [-0.4, -0.2) is 33.4 Å². The first-order chi connectivity index (χ1) is 8.74. The number of halogens is 2. The van der Waals surface area contributed by atoms with Crippen molar-refractivity contribution in [2.45, 2.75) is 13.0 Å². The van der Waals surface area contributed by atoms with Crippen LogP contribution in [0.5, 0.6) is 0 Å². The van der Waals surface area contributed by atoms with E-state index in [0.717, 1.165) is 44.8 Å². The summed E-state index contributed by atoms with van der Waals surface area (Å²) in [5.41, 5.74) is 1.15. The summed E-state index contributed by atoms with van der Waals surface area (Å²) in [4.78, 5) is 0. The molecular formula is C13H20Cl2N2O. The van der Waals surface area contributed by atoms with Crippen LogP contribution in [0, 0.1) is 0 Å². The average Bonchev–Trinajstić information content (AvgIpc) is 2.37. The Labute approximate surface area is 119 Å². The van der Waals surface area contributed by atoms with E-state index in [1.807, 2.05) is 18.2 Å². The minimum Gasteiger partial charge on any atom is -0.383 e. The second-order valence-corrected chi connectivity index (χ2v) is 4.84. The summed E-state index contributed by atoms with van der Waals surface area (Å²) in [6.07, 6.45) is 1.09. The van der Waals surface area contributed by atoms with E-state index < -0.39 is 0 Å². The van der Waals surface area contributed by atoms with Gasteiger partial charge in [0, 0.05) is 20.2 Å². The number of hydrogen-bond acceptors (Lipinski definition) is 3. The summed E-state index contributed by atoms with van der Waals surface area (Å²) in [6.45, 7) is 4.45. The van der Waals surface area contributed by atoms with Crippen LogP contribution in [-0.2, 0) is 11.3 Å². The molecule has 0 radical (unpaired) electrons. The van der Waals surface area contributed by atoms with Crippen molar-refractivity contribution in [3.05, 3.63) is 33.8 Å². The lowest BCUT2D eigenvalue weighted by Crippen LogP contribution is -2.24. The second-order valence-electron chi connectivity index (χ2n) is 4.02. The molecule has 0 fully saturated rings. The average molecular weight is 291 g/mol. The van der Waals surface area contributed by atoms with Gasteiger partial charge in [-0.2, -0.15) is 0 Å². The van der Waals surface area contributed by atoms with Crippen molar-refractivity contribution in [2.24, 2.45) is 0 Å². The Hall–Kier alpha value is -0.320. The van der Waals surface area contributed by atoms with E-state index >= 15 is 0 Å². The standard InChI is InChI=1S/C13H20Cl2N2O/c1-18-8-7-16-5-2-6-17-10-11-3-4-12(14)13(15)9-11/h3-4,9,16-17H,2,5-8,10H2,1H3. The zero-order valence-electron chi connectivity index (χ0n) is 10.6. The van der Waals surface area contributed by atoms with Crippen molar-refractivity contribution >= 4 is 23.2 Å². The summed E-state index contributed by atoms with van der Waals surface area (Å²) in [7, 11) is 1.71. The van der Waals surface area contributed by atoms with Crippen LogP contribution >= 0.6 is 23.2 Å². The maximum Gasteiger partial charge on any atom is 0.0595 e. The highest BCUT2D eigenvalue weighted by molar-refractivity contribution is 6.42. The molecule has 0 aliphatic carbocycles. The molecular weight excluding hydrogens is 271 g/mol. The third-order valence-corrected chi connectivity index (χ3v) is 3.24. The molecule has 0 aromatic heterocycles. The Morgan fingerprint density at radius 2 is 1.83 bits per heavy atom. The van der Waals surface area contributed by atoms with Gasteiger partial charge in [0.05, 0.1) is 16.7 Å². The molecule has 0 heterocycles. The monoisotopic (exact) mass is 290 g/mol. The third kappa shape index (κ3) is 6.57. The van der Waals surface area contributed by atoms with E-state index in [4.69, 9.17) is 27.9 Å². The Morgan fingerprint density at radius 3 is 2.56 bits per heavy atom. The molecule has 0 bridgehead atoms. The topological polar surface area (TPSA) is 33.3 Å². The van der Waals surface area contributed by atoms with Gasteiger partial charge < -0.3 is 15.4 Å². The summed E-state index contributed by atoms with van der Waals surface area (Å²) < 4.78 is 4.95. The molecule has 0 unspecified atom stereocenters. The van der Waals surface area contributed by atoms with Crippen molar-refractivity contribution in [1.29, 1.82) is 0 Å². The van der Waals surface area contributed by atoms with Gasteiger partial charge in [-0.25, -0.2) is 0 Å². The highest BCUT2D eigenvalue weighted by atomic mass is 35.5. The Kier molecular flexibility index (Phi) is 8.38. The summed E-state index contributed by atoms with van der Waals surface area (Å²) >= 11 is 11.8. The molecule has 0 saturated carbocycles. The Balaban J connectivity index is 2.05. The predicted octanol–water partition coefficient (Wildman–Crippen LogP) is 2.71. The lowest BCUT2D eigenvalue weighted by atomic mass is 10.2. The lowest BCUT2D eigenvalue weighted by Gasteiger charge is -2.07. The molecule has 1 rings (SSSR count). The van der Waals surface area contributed by atoms with Crippen LogP contribution in [0.25, 0.3) is 0 Å². The molecule has 5 heteroatoms. The van der Waals surface area contributed by atoms with E-state index in [9.17, 15) is 0 Å². The molecule has 2 N–H and O–H groups in total. The van der Waals surface area contributed by atoms with Gasteiger partial charge in [-0.3, -0.25) is 0 Å². The molecule has 0 aliphatic heterocycles. The van der Waals surface area contributed by atoms with E-state index in [1.165, 1.54) is 0 Å². The quantitative estimate of drug-likeness (QED) is 0.686. The SMILES string of the molecule is COCCNCCCNCc1ccc(Cl)c(Cl)c1. The van der Waals surface area contributed by atoms with Crippen molar-refractivity contribution in [2.75, 3.05) is 33.4 Å². The third-order valence-electron chi connectivity index (χ3n) is 2.50. The van der Waals surface area contributed by atoms with Gasteiger partial charge in [-0.05, 0) is 37.2 Å². The minimum absolute atomic E-state index is 0.600. The van der Waals surface area contributed by atoms with Gasteiger partial charge in [0.1, 0.15) is 0 Å². The molecule has 102 valence electrons. The van der Waals surface area contributed by atoms with Gasteiger partial charge in [-0.1, -0.05) is 29.3 Å². The highest BCUT2D eigenvalue weighted by Gasteiger charge is 1.98. The fraction of sp³-hybridized carbons (Fsp3) is 0.538. The van der Waals surface area contributed by atoms with Crippen LogP contribution in [0.2, 0.25) is 10.0 Å². The zero-order valence-corrected chi connectivity index (χ0v) is 12.2. The van der Waals surface area contributed by atoms with Crippen molar-refractivity contribution in [3.63, 3.8) is 0 Å².